The van der Waals surface area contributed by atoms with Crippen molar-refractivity contribution in [3.05, 3.63) is 47.9 Å². The third-order valence-corrected chi connectivity index (χ3v) is 2.70. The largest absolute Gasteiger partial charge is 0.363 e. The first-order chi connectivity index (χ1) is 9.17. The van der Waals surface area contributed by atoms with Crippen molar-refractivity contribution in [2.75, 3.05) is 11.9 Å². The van der Waals surface area contributed by atoms with Gasteiger partial charge >= 0.3 is 0 Å². The molecular weight excluding hydrogens is 263 g/mol. The predicted molar refractivity (Wildman–Crippen MR) is 77.6 cm³/mol. The minimum absolute atomic E-state index is 0.240. The second-order valence-electron chi connectivity index (χ2n) is 4.01. The van der Waals surface area contributed by atoms with E-state index in [0.717, 1.165) is 12.1 Å². The Kier molecular flexibility index (Phi) is 4.46. The molecule has 2 aromatic rings. The molecule has 19 heavy (non-hydrogen) atoms. The molecule has 0 unspecified atom stereocenters. The summed E-state index contributed by atoms with van der Waals surface area (Å²) in [6.45, 7) is 3.25. The van der Waals surface area contributed by atoms with Crippen LogP contribution in [0.2, 0.25) is 0 Å². The van der Waals surface area contributed by atoms with Crippen molar-refractivity contribution < 1.29 is 4.39 Å². The second kappa shape index (κ2) is 6.29. The first-order valence-electron chi connectivity index (χ1n) is 6.00. The van der Waals surface area contributed by atoms with E-state index < -0.39 is 0 Å². The zero-order valence-corrected chi connectivity index (χ0v) is 11.4. The van der Waals surface area contributed by atoms with E-state index in [1.54, 1.807) is 10.7 Å². The number of nitrogens with one attached hydrogen (secondary N) is 2. The molecule has 0 aliphatic carbocycles. The van der Waals surface area contributed by atoms with Gasteiger partial charge in [-0.25, -0.2) is 4.39 Å². The van der Waals surface area contributed by atoms with Gasteiger partial charge in [0.05, 0.1) is 6.54 Å². The van der Waals surface area contributed by atoms with Crippen molar-refractivity contribution in [2.24, 2.45) is 0 Å². The van der Waals surface area contributed by atoms with E-state index in [9.17, 15) is 4.39 Å². The Hall–Kier alpha value is -1.95. The molecule has 6 heteroatoms. The van der Waals surface area contributed by atoms with Crippen LogP contribution in [0.5, 0.6) is 0 Å². The lowest BCUT2D eigenvalue weighted by Crippen LogP contribution is -2.28. The fourth-order valence-corrected chi connectivity index (χ4v) is 1.91. The van der Waals surface area contributed by atoms with Gasteiger partial charge in [-0.05, 0) is 36.8 Å². The van der Waals surface area contributed by atoms with Gasteiger partial charge in [0.15, 0.2) is 10.9 Å². The smallest absolute Gasteiger partial charge is 0.171 e. The van der Waals surface area contributed by atoms with Crippen LogP contribution in [0, 0.1) is 5.82 Å². The number of benzene rings is 1. The third-order valence-electron chi connectivity index (χ3n) is 2.45. The average molecular weight is 278 g/mol. The van der Waals surface area contributed by atoms with Crippen molar-refractivity contribution in [1.82, 2.24) is 15.1 Å². The number of rotatable bonds is 4. The van der Waals surface area contributed by atoms with Crippen LogP contribution in [0.25, 0.3) is 0 Å². The molecule has 0 aliphatic rings. The van der Waals surface area contributed by atoms with E-state index in [2.05, 4.69) is 15.7 Å². The number of nitrogens with zero attached hydrogens (tertiary/aromatic N) is 2. The van der Waals surface area contributed by atoms with Crippen LogP contribution in [0.3, 0.4) is 0 Å². The van der Waals surface area contributed by atoms with E-state index in [1.807, 2.05) is 25.3 Å². The maximum Gasteiger partial charge on any atom is 0.171 e. The SMILES string of the molecule is CCNC(=S)Nc1ccn(Cc2cccc(F)c2)n1. The number of thiocarbonyl (C=S) groups is 1. The summed E-state index contributed by atoms with van der Waals surface area (Å²) < 4.78 is 14.8. The van der Waals surface area contributed by atoms with Crippen molar-refractivity contribution in [1.29, 1.82) is 0 Å². The van der Waals surface area contributed by atoms with E-state index in [-0.39, 0.29) is 5.82 Å². The van der Waals surface area contributed by atoms with Crippen LogP contribution >= 0.6 is 12.2 Å². The van der Waals surface area contributed by atoms with E-state index >= 15 is 0 Å². The van der Waals surface area contributed by atoms with Crippen LogP contribution in [0.15, 0.2) is 36.5 Å². The standard InChI is InChI=1S/C13H15FN4S/c1-2-15-13(19)16-12-6-7-18(17-12)9-10-4-3-5-11(14)8-10/h3-8H,2,9H2,1H3,(H2,15,16,17,19). The summed E-state index contributed by atoms with van der Waals surface area (Å²) in [5, 5.41) is 10.8. The number of hydrogen-bond acceptors (Lipinski definition) is 2. The highest BCUT2D eigenvalue weighted by Crippen LogP contribution is 2.08. The molecule has 0 amide bonds. The number of halogens is 1. The Balaban J connectivity index is 1.99. The molecule has 100 valence electrons. The maximum absolute atomic E-state index is 13.1. The third kappa shape index (κ3) is 4.03. The summed E-state index contributed by atoms with van der Waals surface area (Å²) in [7, 11) is 0. The lowest BCUT2D eigenvalue weighted by Gasteiger charge is -2.05. The molecule has 0 radical (unpaired) electrons. The fraction of sp³-hybridized carbons (Fsp3) is 0.231. The Morgan fingerprint density at radius 1 is 1.42 bits per heavy atom. The lowest BCUT2D eigenvalue weighted by molar-refractivity contribution is 0.619. The van der Waals surface area contributed by atoms with Crippen LogP contribution in [0.1, 0.15) is 12.5 Å². The quantitative estimate of drug-likeness (QED) is 0.843. The van der Waals surface area contributed by atoms with Gasteiger partial charge in [0, 0.05) is 18.8 Å². The van der Waals surface area contributed by atoms with Crippen molar-refractivity contribution in [3.8, 4) is 0 Å². The Morgan fingerprint density at radius 2 is 2.26 bits per heavy atom. The molecule has 2 rings (SSSR count). The van der Waals surface area contributed by atoms with Crippen molar-refractivity contribution in [3.63, 3.8) is 0 Å². The van der Waals surface area contributed by atoms with Crippen molar-refractivity contribution >= 4 is 23.1 Å². The normalized spacial score (nSPS) is 10.2. The summed E-state index contributed by atoms with van der Waals surface area (Å²) in [5.74, 6) is 0.429. The molecule has 0 bridgehead atoms. The van der Waals surface area contributed by atoms with Gasteiger partial charge in [0.1, 0.15) is 5.82 Å². The molecule has 1 aromatic heterocycles. The Labute approximate surface area is 116 Å². The molecule has 2 N–H and O–H groups in total. The first kappa shape index (κ1) is 13.5. The average Bonchev–Trinajstić information content (AvgIpc) is 2.76. The topological polar surface area (TPSA) is 41.9 Å². The van der Waals surface area contributed by atoms with E-state index in [4.69, 9.17) is 12.2 Å². The molecular formula is C13H15FN4S. The monoisotopic (exact) mass is 278 g/mol. The maximum atomic E-state index is 13.1. The lowest BCUT2D eigenvalue weighted by atomic mass is 10.2. The highest BCUT2D eigenvalue weighted by Gasteiger charge is 2.02. The number of hydrogen-bond donors (Lipinski definition) is 2. The van der Waals surface area contributed by atoms with E-state index in [0.29, 0.717) is 17.5 Å². The van der Waals surface area contributed by atoms with Gasteiger partial charge in [-0.3, -0.25) is 4.68 Å². The van der Waals surface area contributed by atoms with Gasteiger partial charge in [-0.15, -0.1) is 0 Å². The van der Waals surface area contributed by atoms with Gasteiger partial charge in [0.2, 0.25) is 0 Å². The van der Waals surface area contributed by atoms with Crippen molar-refractivity contribution in [2.45, 2.75) is 13.5 Å². The summed E-state index contributed by atoms with van der Waals surface area (Å²) >= 11 is 5.07. The minimum Gasteiger partial charge on any atom is -0.363 e. The first-order valence-corrected chi connectivity index (χ1v) is 6.41. The van der Waals surface area contributed by atoms with Crippen LogP contribution in [0.4, 0.5) is 10.2 Å². The highest BCUT2D eigenvalue weighted by molar-refractivity contribution is 7.80. The Morgan fingerprint density at radius 3 is 3.00 bits per heavy atom. The summed E-state index contributed by atoms with van der Waals surface area (Å²) in [4.78, 5) is 0. The summed E-state index contributed by atoms with van der Waals surface area (Å²) in [6.07, 6.45) is 1.82. The zero-order chi connectivity index (χ0) is 13.7. The van der Waals surface area contributed by atoms with Gasteiger partial charge < -0.3 is 10.6 Å². The zero-order valence-electron chi connectivity index (χ0n) is 10.6. The molecule has 0 atom stereocenters. The predicted octanol–water partition coefficient (Wildman–Crippen LogP) is 2.38. The van der Waals surface area contributed by atoms with Gasteiger partial charge in [-0.2, -0.15) is 5.10 Å². The van der Waals surface area contributed by atoms with Gasteiger partial charge in [-0.1, -0.05) is 12.1 Å². The molecule has 1 aromatic carbocycles. The molecule has 0 spiro atoms. The molecule has 1 heterocycles. The minimum atomic E-state index is -0.240. The van der Waals surface area contributed by atoms with E-state index in [1.165, 1.54) is 12.1 Å². The van der Waals surface area contributed by atoms with Gasteiger partial charge in [0.25, 0.3) is 0 Å². The Bertz CT molecular complexity index is 567. The highest BCUT2D eigenvalue weighted by atomic mass is 32.1. The second-order valence-corrected chi connectivity index (χ2v) is 4.42. The summed E-state index contributed by atoms with van der Waals surface area (Å²) in [5.41, 5.74) is 0.865. The fourth-order valence-electron chi connectivity index (χ4n) is 1.66. The van der Waals surface area contributed by atoms with Crippen LogP contribution < -0.4 is 10.6 Å². The summed E-state index contributed by atoms with van der Waals surface area (Å²) in [6, 6.07) is 8.30. The molecule has 4 nitrogen and oxygen atoms in total. The number of aromatic nitrogens is 2. The molecule has 0 fully saturated rings. The molecule has 0 aliphatic heterocycles. The van der Waals surface area contributed by atoms with Crippen LogP contribution in [-0.2, 0) is 6.54 Å². The molecule has 0 saturated heterocycles. The molecule has 0 saturated carbocycles. The van der Waals surface area contributed by atoms with Crippen LogP contribution in [-0.4, -0.2) is 21.4 Å². The number of anilines is 1.